The highest BCUT2D eigenvalue weighted by Gasteiger charge is 1.98. The zero-order valence-corrected chi connectivity index (χ0v) is 11.4. The molecule has 0 saturated carbocycles. The predicted octanol–water partition coefficient (Wildman–Crippen LogP) is 4.93. The first kappa shape index (κ1) is 13.2. The van der Waals surface area contributed by atoms with Crippen molar-refractivity contribution in [1.82, 2.24) is 0 Å². The van der Waals surface area contributed by atoms with Gasteiger partial charge < -0.3 is 10.9 Å². The number of benzene rings is 3. The molecular formula is C18H15FN2. The molecule has 0 aliphatic rings. The molecule has 0 bridgehead atoms. The van der Waals surface area contributed by atoms with Crippen molar-refractivity contribution in [3.05, 3.63) is 84.7 Å². The van der Waals surface area contributed by atoms with Gasteiger partial charge in [0.2, 0.25) is 0 Å². The highest BCUT2D eigenvalue weighted by atomic mass is 19.1. The minimum absolute atomic E-state index is 0.218. The van der Waals surface area contributed by atoms with Crippen LogP contribution in [0.2, 0.25) is 0 Å². The molecule has 2 nitrogen and oxygen atoms in total. The second kappa shape index (κ2) is 6.09. The third-order valence-corrected chi connectivity index (χ3v) is 3.19. The third-order valence-electron chi connectivity index (χ3n) is 3.19. The number of hydrogen-bond acceptors (Lipinski definition) is 2. The Morgan fingerprint density at radius 2 is 1.00 bits per heavy atom. The quantitative estimate of drug-likeness (QED) is 0.661. The van der Waals surface area contributed by atoms with Crippen LogP contribution in [0, 0.1) is 5.82 Å². The van der Waals surface area contributed by atoms with Gasteiger partial charge in [0.05, 0.1) is 11.4 Å². The number of hydrogen-bond donors (Lipinski definition) is 2. The highest BCUT2D eigenvalue weighted by Crippen LogP contribution is 2.21. The van der Waals surface area contributed by atoms with Gasteiger partial charge in [-0.25, -0.2) is 4.39 Å². The molecule has 0 unspecified atom stereocenters. The Morgan fingerprint density at radius 3 is 1.57 bits per heavy atom. The van der Waals surface area contributed by atoms with Crippen molar-refractivity contribution in [2.75, 3.05) is 10.9 Å². The number of anilines is 2. The number of hydrazine groups is 1. The molecule has 3 heteroatoms. The largest absolute Gasteiger partial charge is 0.301 e. The van der Waals surface area contributed by atoms with E-state index in [9.17, 15) is 4.39 Å². The van der Waals surface area contributed by atoms with E-state index in [0.717, 1.165) is 22.5 Å². The number of rotatable bonds is 4. The van der Waals surface area contributed by atoms with Gasteiger partial charge in [-0.2, -0.15) is 0 Å². The van der Waals surface area contributed by atoms with Crippen molar-refractivity contribution < 1.29 is 4.39 Å². The van der Waals surface area contributed by atoms with E-state index >= 15 is 0 Å². The topological polar surface area (TPSA) is 24.1 Å². The molecule has 2 N–H and O–H groups in total. The van der Waals surface area contributed by atoms with Gasteiger partial charge >= 0.3 is 0 Å². The first-order valence-electron chi connectivity index (χ1n) is 6.74. The van der Waals surface area contributed by atoms with Gasteiger partial charge in [-0.1, -0.05) is 42.5 Å². The number of nitrogens with one attached hydrogen (secondary N) is 2. The van der Waals surface area contributed by atoms with E-state index in [-0.39, 0.29) is 5.82 Å². The van der Waals surface area contributed by atoms with E-state index in [2.05, 4.69) is 10.9 Å². The van der Waals surface area contributed by atoms with Crippen molar-refractivity contribution in [3.8, 4) is 11.1 Å². The Morgan fingerprint density at radius 1 is 0.524 bits per heavy atom. The normalized spacial score (nSPS) is 10.1. The Labute approximate surface area is 123 Å². The molecule has 0 aliphatic carbocycles. The summed E-state index contributed by atoms with van der Waals surface area (Å²) in [5.41, 5.74) is 10.3. The van der Waals surface area contributed by atoms with Crippen LogP contribution < -0.4 is 10.9 Å². The Bertz CT molecular complexity index is 692. The molecule has 0 aliphatic heterocycles. The Kier molecular flexibility index (Phi) is 3.83. The summed E-state index contributed by atoms with van der Waals surface area (Å²) in [5, 5.41) is 0. The van der Waals surface area contributed by atoms with Crippen LogP contribution in [-0.2, 0) is 0 Å². The summed E-state index contributed by atoms with van der Waals surface area (Å²) in [5.74, 6) is -0.218. The maximum Gasteiger partial charge on any atom is 0.123 e. The molecule has 0 atom stereocenters. The fraction of sp³-hybridized carbons (Fsp3) is 0. The van der Waals surface area contributed by atoms with Gasteiger partial charge in [0.1, 0.15) is 5.82 Å². The lowest BCUT2D eigenvalue weighted by atomic mass is 10.1. The van der Waals surface area contributed by atoms with E-state index < -0.39 is 0 Å². The molecule has 21 heavy (non-hydrogen) atoms. The Balaban J connectivity index is 1.68. The van der Waals surface area contributed by atoms with E-state index in [0.29, 0.717) is 0 Å². The van der Waals surface area contributed by atoms with Crippen molar-refractivity contribution in [3.63, 3.8) is 0 Å². The van der Waals surface area contributed by atoms with E-state index in [1.807, 2.05) is 54.6 Å². The van der Waals surface area contributed by atoms with Crippen LogP contribution in [0.25, 0.3) is 11.1 Å². The van der Waals surface area contributed by atoms with Gasteiger partial charge in [-0.3, -0.25) is 0 Å². The van der Waals surface area contributed by atoms with Gasteiger partial charge in [0.15, 0.2) is 0 Å². The molecule has 104 valence electrons. The molecule has 0 fully saturated rings. The van der Waals surface area contributed by atoms with Crippen molar-refractivity contribution in [1.29, 1.82) is 0 Å². The maximum absolute atomic E-state index is 12.9. The van der Waals surface area contributed by atoms with Crippen molar-refractivity contribution in [2.45, 2.75) is 0 Å². The molecule has 3 rings (SSSR count). The lowest BCUT2D eigenvalue weighted by molar-refractivity contribution is 0.628. The van der Waals surface area contributed by atoms with E-state index in [4.69, 9.17) is 0 Å². The second-order valence-corrected chi connectivity index (χ2v) is 4.70. The first-order chi connectivity index (χ1) is 10.3. The molecule has 0 aromatic heterocycles. The van der Waals surface area contributed by atoms with Crippen LogP contribution in [0.3, 0.4) is 0 Å². The summed E-state index contributed by atoms with van der Waals surface area (Å²) in [7, 11) is 0. The fourth-order valence-corrected chi connectivity index (χ4v) is 2.05. The van der Waals surface area contributed by atoms with Crippen molar-refractivity contribution >= 4 is 11.4 Å². The molecular weight excluding hydrogens is 263 g/mol. The monoisotopic (exact) mass is 278 g/mol. The van der Waals surface area contributed by atoms with Gasteiger partial charge in [-0.15, -0.1) is 0 Å². The summed E-state index contributed by atoms with van der Waals surface area (Å²) in [6.07, 6.45) is 0. The van der Waals surface area contributed by atoms with Crippen LogP contribution in [0.5, 0.6) is 0 Å². The first-order valence-corrected chi connectivity index (χ1v) is 6.74. The van der Waals surface area contributed by atoms with Crippen LogP contribution in [0.4, 0.5) is 15.8 Å². The minimum atomic E-state index is -0.218. The lowest BCUT2D eigenvalue weighted by Crippen LogP contribution is -2.07. The zero-order valence-electron chi connectivity index (χ0n) is 11.4. The number of halogens is 1. The summed E-state index contributed by atoms with van der Waals surface area (Å²) < 4.78 is 12.9. The average molecular weight is 278 g/mol. The lowest BCUT2D eigenvalue weighted by Gasteiger charge is -2.10. The van der Waals surface area contributed by atoms with Crippen LogP contribution >= 0.6 is 0 Å². The Hall–Kier alpha value is -2.81. The van der Waals surface area contributed by atoms with Gasteiger partial charge in [0, 0.05) is 0 Å². The standard InChI is InChI=1S/C18H15FN2/c19-16-10-6-14(7-11-16)15-8-12-18(13-9-15)21-20-17-4-2-1-3-5-17/h1-13,20-21H. The maximum atomic E-state index is 12.9. The van der Waals surface area contributed by atoms with E-state index in [1.165, 1.54) is 12.1 Å². The average Bonchev–Trinajstić information content (AvgIpc) is 2.55. The zero-order chi connectivity index (χ0) is 14.5. The van der Waals surface area contributed by atoms with Gasteiger partial charge in [0.25, 0.3) is 0 Å². The molecule has 0 spiro atoms. The fourth-order valence-electron chi connectivity index (χ4n) is 2.05. The minimum Gasteiger partial charge on any atom is -0.301 e. The second-order valence-electron chi connectivity index (χ2n) is 4.70. The van der Waals surface area contributed by atoms with E-state index in [1.54, 1.807) is 12.1 Å². The molecule has 0 radical (unpaired) electrons. The molecule has 0 saturated heterocycles. The van der Waals surface area contributed by atoms with Crippen LogP contribution in [0.15, 0.2) is 78.9 Å². The summed E-state index contributed by atoms with van der Waals surface area (Å²) >= 11 is 0. The van der Waals surface area contributed by atoms with Crippen molar-refractivity contribution in [2.24, 2.45) is 0 Å². The summed E-state index contributed by atoms with van der Waals surface area (Å²) in [6.45, 7) is 0. The molecule has 0 heterocycles. The third kappa shape index (κ3) is 3.39. The predicted molar refractivity (Wildman–Crippen MR) is 85.5 cm³/mol. The summed E-state index contributed by atoms with van der Waals surface area (Å²) in [6, 6.07) is 24.4. The highest BCUT2D eigenvalue weighted by molar-refractivity contribution is 5.66. The molecule has 3 aromatic carbocycles. The molecule has 3 aromatic rings. The number of para-hydroxylation sites is 1. The molecule has 0 amide bonds. The van der Waals surface area contributed by atoms with Crippen LogP contribution in [0.1, 0.15) is 0 Å². The van der Waals surface area contributed by atoms with Gasteiger partial charge in [-0.05, 0) is 47.5 Å². The van der Waals surface area contributed by atoms with Crippen LogP contribution in [-0.4, -0.2) is 0 Å². The smallest absolute Gasteiger partial charge is 0.123 e. The summed E-state index contributed by atoms with van der Waals surface area (Å²) in [4.78, 5) is 0. The SMILES string of the molecule is Fc1ccc(-c2ccc(NNc3ccccc3)cc2)cc1.